The minimum absolute atomic E-state index is 0.0880. The van der Waals surface area contributed by atoms with Gasteiger partial charge in [-0.25, -0.2) is 0 Å². The van der Waals surface area contributed by atoms with Crippen LogP contribution in [-0.2, 0) is 22.3 Å². The standard InChI is InChI=1S/C27H27F3N2O2/c28-27(29,30)23-14-11-20(12-15-23)13-16-24(31)17-25(33-18-21-7-3-1-4-8-21)26(32)34-19-22-9-5-2-6-10-22/h1-7,9-17,21H,8,18-19,31-32H2/b16-13+,24-17-,26-25-. The summed E-state index contributed by atoms with van der Waals surface area (Å²) in [6, 6.07) is 14.4. The largest absolute Gasteiger partial charge is 0.487 e. The second-order valence-electron chi connectivity index (χ2n) is 7.72. The van der Waals surface area contributed by atoms with Crippen LogP contribution in [0.25, 0.3) is 6.08 Å². The minimum atomic E-state index is -4.38. The summed E-state index contributed by atoms with van der Waals surface area (Å²) in [5.74, 6) is 0.567. The summed E-state index contributed by atoms with van der Waals surface area (Å²) in [6.45, 7) is 0.651. The van der Waals surface area contributed by atoms with Crippen LogP contribution in [0.15, 0.2) is 108 Å². The first-order valence-corrected chi connectivity index (χ1v) is 10.8. The number of nitrogens with two attached hydrogens (primary N) is 2. The third kappa shape index (κ3) is 7.92. The summed E-state index contributed by atoms with van der Waals surface area (Å²) in [7, 11) is 0. The van der Waals surface area contributed by atoms with Gasteiger partial charge in [0, 0.05) is 17.7 Å². The van der Waals surface area contributed by atoms with E-state index in [1.165, 1.54) is 12.1 Å². The van der Waals surface area contributed by atoms with Gasteiger partial charge in [0.15, 0.2) is 5.76 Å². The van der Waals surface area contributed by atoms with Crippen molar-refractivity contribution in [3.05, 3.63) is 125 Å². The van der Waals surface area contributed by atoms with Gasteiger partial charge in [0.2, 0.25) is 5.88 Å². The van der Waals surface area contributed by atoms with Crippen molar-refractivity contribution in [2.45, 2.75) is 19.2 Å². The Bertz CT molecular complexity index is 1080. The molecule has 4 N–H and O–H groups in total. The fraction of sp³-hybridized carbons (Fsp3) is 0.185. The van der Waals surface area contributed by atoms with E-state index in [4.69, 9.17) is 20.9 Å². The van der Waals surface area contributed by atoms with Crippen molar-refractivity contribution >= 4 is 6.08 Å². The van der Waals surface area contributed by atoms with Gasteiger partial charge in [-0.15, -0.1) is 0 Å². The number of ether oxygens (including phenoxy) is 2. The first-order chi connectivity index (χ1) is 16.3. The molecule has 1 aliphatic carbocycles. The first-order valence-electron chi connectivity index (χ1n) is 10.8. The quantitative estimate of drug-likeness (QED) is 0.347. The molecule has 4 nitrogen and oxygen atoms in total. The predicted molar refractivity (Wildman–Crippen MR) is 128 cm³/mol. The highest BCUT2D eigenvalue weighted by Gasteiger charge is 2.29. The molecule has 178 valence electrons. The molecule has 0 bridgehead atoms. The zero-order valence-electron chi connectivity index (χ0n) is 18.5. The molecule has 0 heterocycles. The number of hydrogen-bond acceptors (Lipinski definition) is 4. The van der Waals surface area contributed by atoms with Gasteiger partial charge in [-0.2, -0.15) is 13.2 Å². The maximum Gasteiger partial charge on any atom is 0.416 e. The lowest BCUT2D eigenvalue weighted by Gasteiger charge is -2.17. The van der Waals surface area contributed by atoms with Gasteiger partial charge < -0.3 is 20.9 Å². The molecule has 0 aromatic heterocycles. The molecule has 0 aliphatic heterocycles. The molecule has 3 rings (SSSR count). The van der Waals surface area contributed by atoms with Gasteiger partial charge in [0.25, 0.3) is 0 Å². The Labute approximate surface area is 197 Å². The van der Waals surface area contributed by atoms with Gasteiger partial charge in [-0.3, -0.25) is 0 Å². The molecular weight excluding hydrogens is 441 g/mol. The molecule has 0 saturated carbocycles. The van der Waals surface area contributed by atoms with Gasteiger partial charge >= 0.3 is 6.18 Å². The van der Waals surface area contributed by atoms with Crippen LogP contribution in [-0.4, -0.2) is 6.61 Å². The number of allylic oxidation sites excluding steroid dienone is 5. The molecule has 0 amide bonds. The topological polar surface area (TPSA) is 70.5 Å². The van der Waals surface area contributed by atoms with E-state index in [1.54, 1.807) is 18.2 Å². The second-order valence-corrected chi connectivity index (χ2v) is 7.72. The van der Waals surface area contributed by atoms with Gasteiger partial charge in [0.1, 0.15) is 6.61 Å². The summed E-state index contributed by atoms with van der Waals surface area (Å²) in [5.41, 5.74) is 13.4. The van der Waals surface area contributed by atoms with E-state index in [1.807, 2.05) is 42.5 Å². The Kier molecular flexibility index (Phi) is 8.62. The lowest BCUT2D eigenvalue weighted by atomic mass is 10.0. The maximum absolute atomic E-state index is 12.7. The first kappa shape index (κ1) is 24.8. The Morgan fingerprint density at radius 1 is 0.971 bits per heavy atom. The third-order valence-corrected chi connectivity index (χ3v) is 5.01. The lowest BCUT2D eigenvalue weighted by Crippen LogP contribution is -2.13. The summed E-state index contributed by atoms with van der Waals surface area (Å²) in [4.78, 5) is 0. The summed E-state index contributed by atoms with van der Waals surface area (Å²) < 4.78 is 49.8. The highest BCUT2D eigenvalue weighted by atomic mass is 19.4. The average molecular weight is 469 g/mol. The van der Waals surface area contributed by atoms with Crippen molar-refractivity contribution in [1.82, 2.24) is 0 Å². The van der Waals surface area contributed by atoms with Gasteiger partial charge in [-0.05, 0) is 35.8 Å². The summed E-state index contributed by atoms with van der Waals surface area (Å²) in [6.07, 6.45) is 9.25. The number of alkyl halides is 3. The summed E-state index contributed by atoms with van der Waals surface area (Å²) in [5, 5.41) is 0. The molecule has 2 aromatic rings. The fourth-order valence-corrected chi connectivity index (χ4v) is 3.12. The van der Waals surface area contributed by atoms with Crippen LogP contribution in [0.2, 0.25) is 0 Å². The Hall–Kier alpha value is -3.87. The fourth-order valence-electron chi connectivity index (χ4n) is 3.12. The van der Waals surface area contributed by atoms with E-state index in [-0.39, 0.29) is 24.2 Å². The molecule has 0 radical (unpaired) electrons. The van der Waals surface area contributed by atoms with E-state index < -0.39 is 11.7 Å². The SMILES string of the molecule is NC(=C\C(OCC1C=CC=CC1)=C(/N)OCc1ccccc1)/C=C/c1ccc(C(F)(F)F)cc1. The van der Waals surface area contributed by atoms with Crippen LogP contribution in [0.3, 0.4) is 0 Å². The van der Waals surface area contributed by atoms with Crippen molar-refractivity contribution in [3.63, 3.8) is 0 Å². The number of rotatable bonds is 9. The lowest BCUT2D eigenvalue weighted by molar-refractivity contribution is -0.137. The highest BCUT2D eigenvalue weighted by Crippen LogP contribution is 2.29. The van der Waals surface area contributed by atoms with Gasteiger partial charge in [-0.1, -0.05) is 72.8 Å². The zero-order valence-corrected chi connectivity index (χ0v) is 18.5. The smallest absolute Gasteiger partial charge is 0.416 e. The van der Waals surface area contributed by atoms with Crippen molar-refractivity contribution < 1.29 is 22.6 Å². The highest BCUT2D eigenvalue weighted by molar-refractivity contribution is 5.53. The van der Waals surface area contributed by atoms with Crippen LogP contribution in [0, 0.1) is 5.92 Å². The number of halogens is 3. The molecule has 34 heavy (non-hydrogen) atoms. The molecule has 0 saturated heterocycles. The van der Waals surface area contributed by atoms with E-state index in [9.17, 15) is 13.2 Å². The molecule has 1 atom stereocenters. The Balaban J connectivity index is 1.72. The van der Waals surface area contributed by atoms with Crippen LogP contribution in [0.4, 0.5) is 13.2 Å². The molecule has 1 unspecified atom stereocenters. The van der Waals surface area contributed by atoms with E-state index in [2.05, 4.69) is 12.2 Å². The van der Waals surface area contributed by atoms with Crippen LogP contribution < -0.4 is 11.5 Å². The van der Waals surface area contributed by atoms with Crippen molar-refractivity contribution in [2.24, 2.45) is 17.4 Å². The molecule has 0 spiro atoms. The van der Waals surface area contributed by atoms with Crippen LogP contribution in [0.1, 0.15) is 23.1 Å². The summed E-state index contributed by atoms with van der Waals surface area (Å²) >= 11 is 0. The monoisotopic (exact) mass is 468 g/mol. The zero-order chi connectivity index (χ0) is 24.4. The molecule has 2 aromatic carbocycles. The molecule has 1 aliphatic rings. The number of hydrogen-bond donors (Lipinski definition) is 2. The van der Waals surface area contributed by atoms with Crippen molar-refractivity contribution in [2.75, 3.05) is 6.61 Å². The van der Waals surface area contributed by atoms with Crippen LogP contribution >= 0.6 is 0 Å². The number of benzene rings is 2. The van der Waals surface area contributed by atoms with E-state index in [0.29, 0.717) is 17.9 Å². The molecule has 0 fully saturated rings. The Morgan fingerprint density at radius 3 is 2.35 bits per heavy atom. The van der Waals surface area contributed by atoms with Crippen molar-refractivity contribution in [1.29, 1.82) is 0 Å². The predicted octanol–water partition coefficient (Wildman–Crippen LogP) is 6.05. The maximum atomic E-state index is 12.7. The van der Waals surface area contributed by atoms with Crippen molar-refractivity contribution in [3.8, 4) is 0 Å². The van der Waals surface area contributed by atoms with E-state index in [0.717, 1.165) is 24.1 Å². The second kappa shape index (κ2) is 11.8. The van der Waals surface area contributed by atoms with Gasteiger partial charge in [0.05, 0.1) is 12.2 Å². The molecular formula is C27H27F3N2O2. The minimum Gasteiger partial charge on any atom is -0.487 e. The molecule has 7 heteroatoms. The van der Waals surface area contributed by atoms with E-state index >= 15 is 0 Å². The Morgan fingerprint density at radius 2 is 1.71 bits per heavy atom. The van der Waals surface area contributed by atoms with Crippen LogP contribution in [0.5, 0.6) is 0 Å². The third-order valence-electron chi connectivity index (χ3n) is 5.01. The average Bonchev–Trinajstić information content (AvgIpc) is 2.84. The normalized spacial score (nSPS) is 17.0.